The molecule has 1 aliphatic heterocycles. The van der Waals surface area contributed by atoms with Gasteiger partial charge in [-0.05, 0) is 18.2 Å². The highest BCUT2D eigenvalue weighted by atomic mass is 32.2. The summed E-state index contributed by atoms with van der Waals surface area (Å²) in [7, 11) is -3.41. The van der Waals surface area contributed by atoms with Crippen LogP contribution in [0.3, 0.4) is 0 Å². The minimum atomic E-state index is -3.41. The van der Waals surface area contributed by atoms with Crippen molar-refractivity contribution in [2.75, 3.05) is 24.3 Å². The van der Waals surface area contributed by atoms with Gasteiger partial charge in [0.1, 0.15) is 19.5 Å². The number of nitrogens with zero attached hydrogens (tertiary/aromatic N) is 2. The Kier molecular flexibility index (Phi) is 4.70. The summed E-state index contributed by atoms with van der Waals surface area (Å²) in [6.07, 6.45) is 1.35. The quantitative estimate of drug-likeness (QED) is 0.845. The van der Waals surface area contributed by atoms with E-state index in [0.717, 1.165) is 0 Å². The van der Waals surface area contributed by atoms with Crippen LogP contribution in [-0.4, -0.2) is 43.5 Å². The van der Waals surface area contributed by atoms with E-state index in [4.69, 9.17) is 13.9 Å². The predicted octanol–water partition coefficient (Wildman–Crippen LogP) is 1.46. The standard InChI is InChI=1S/C15H15N3O6S/c1-2-25(20,21)11-5-3-4-10(8-11)13(19)16-15-18-17-14(24-15)12-9-22-6-7-23-12/h3-5,8-9H,2,6-7H2,1H3,(H,16,18,19). The van der Waals surface area contributed by atoms with Gasteiger partial charge >= 0.3 is 6.01 Å². The number of hydrogen-bond donors (Lipinski definition) is 1. The van der Waals surface area contributed by atoms with Crippen LogP contribution in [0.2, 0.25) is 0 Å². The van der Waals surface area contributed by atoms with E-state index in [-0.39, 0.29) is 33.9 Å². The zero-order valence-electron chi connectivity index (χ0n) is 13.3. The number of sulfone groups is 1. The van der Waals surface area contributed by atoms with Crippen molar-refractivity contribution >= 4 is 27.5 Å². The molecule has 132 valence electrons. The second-order valence-electron chi connectivity index (χ2n) is 5.00. The van der Waals surface area contributed by atoms with E-state index >= 15 is 0 Å². The lowest BCUT2D eigenvalue weighted by Gasteiger charge is -2.11. The van der Waals surface area contributed by atoms with Gasteiger partial charge in [0.25, 0.3) is 11.8 Å². The van der Waals surface area contributed by atoms with Gasteiger partial charge in [-0.15, -0.1) is 5.10 Å². The highest BCUT2D eigenvalue weighted by molar-refractivity contribution is 7.91. The molecule has 0 unspecified atom stereocenters. The van der Waals surface area contributed by atoms with Crippen LogP contribution in [0.15, 0.2) is 39.8 Å². The first-order valence-corrected chi connectivity index (χ1v) is 9.07. The van der Waals surface area contributed by atoms with E-state index in [1.165, 1.54) is 37.5 Å². The van der Waals surface area contributed by atoms with Crippen molar-refractivity contribution in [3.8, 4) is 0 Å². The highest BCUT2D eigenvalue weighted by Crippen LogP contribution is 2.20. The van der Waals surface area contributed by atoms with E-state index in [1.54, 1.807) is 0 Å². The van der Waals surface area contributed by atoms with Crippen LogP contribution in [0.5, 0.6) is 0 Å². The third-order valence-electron chi connectivity index (χ3n) is 3.34. The average Bonchev–Trinajstić information content (AvgIpc) is 3.11. The number of nitrogens with one attached hydrogen (secondary N) is 1. The summed E-state index contributed by atoms with van der Waals surface area (Å²) in [5.74, 6) is -0.284. The lowest BCUT2D eigenvalue weighted by atomic mass is 10.2. The van der Waals surface area contributed by atoms with Crippen molar-refractivity contribution < 1.29 is 27.1 Å². The summed E-state index contributed by atoms with van der Waals surface area (Å²) in [6.45, 7) is 2.32. The largest absolute Gasteiger partial charge is 0.494 e. The Balaban J connectivity index is 1.76. The summed E-state index contributed by atoms with van der Waals surface area (Å²) in [4.78, 5) is 12.3. The molecule has 0 aliphatic carbocycles. The Morgan fingerprint density at radius 2 is 2.12 bits per heavy atom. The molecule has 0 spiro atoms. The van der Waals surface area contributed by atoms with E-state index in [9.17, 15) is 13.2 Å². The van der Waals surface area contributed by atoms with Crippen LogP contribution in [0.25, 0.3) is 5.76 Å². The zero-order valence-corrected chi connectivity index (χ0v) is 14.1. The second kappa shape index (κ2) is 6.93. The van der Waals surface area contributed by atoms with Gasteiger partial charge < -0.3 is 13.9 Å². The number of carbonyl (C=O) groups is 1. The molecule has 0 radical (unpaired) electrons. The number of hydrogen-bond acceptors (Lipinski definition) is 8. The second-order valence-corrected chi connectivity index (χ2v) is 7.28. The number of ether oxygens (including phenoxy) is 2. The number of carbonyl (C=O) groups excluding carboxylic acids is 1. The molecule has 0 saturated carbocycles. The molecule has 2 heterocycles. The molecule has 1 amide bonds. The molecule has 1 aromatic carbocycles. The van der Waals surface area contributed by atoms with E-state index < -0.39 is 15.7 Å². The van der Waals surface area contributed by atoms with E-state index in [1.807, 2.05) is 0 Å². The fourth-order valence-corrected chi connectivity index (χ4v) is 2.95. The Bertz CT molecular complexity index is 919. The first-order chi connectivity index (χ1) is 12.0. The number of aromatic nitrogens is 2. The van der Waals surface area contributed by atoms with Crippen LogP contribution in [0, 0.1) is 0 Å². The van der Waals surface area contributed by atoms with Crippen molar-refractivity contribution in [1.29, 1.82) is 0 Å². The Morgan fingerprint density at radius 1 is 1.28 bits per heavy atom. The van der Waals surface area contributed by atoms with Crippen LogP contribution >= 0.6 is 0 Å². The van der Waals surface area contributed by atoms with Gasteiger partial charge in [0, 0.05) is 5.56 Å². The fourth-order valence-electron chi connectivity index (χ4n) is 2.02. The molecule has 1 aliphatic rings. The summed E-state index contributed by atoms with van der Waals surface area (Å²) in [6, 6.07) is 5.58. The normalized spacial score (nSPS) is 14.2. The SMILES string of the molecule is CCS(=O)(=O)c1cccc(C(=O)Nc2nnc(C3=COCCO3)o2)c1. The number of benzene rings is 1. The summed E-state index contributed by atoms with van der Waals surface area (Å²) < 4.78 is 39.5. The average molecular weight is 365 g/mol. The Morgan fingerprint density at radius 3 is 2.84 bits per heavy atom. The predicted molar refractivity (Wildman–Crippen MR) is 86.3 cm³/mol. The Hall–Kier alpha value is -2.88. The van der Waals surface area contributed by atoms with Gasteiger partial charge in [-0.1, -0.05) is 18.1 Å². The highest BCUT2D eigenvalue weighted by Gasteiger charge is 2.19. The van der Waals surface area contributed by atoms with Gasteiger partial charge in [0.05, 0.1) is 10.6 Å². The van der Waals surface area contributed by atoms with Gasteiger partial charge in [-0.3, -0.25) is 10.1 Å². The molecule has 3 rings (SSSR count). The zero-order chi connectivity index (χ0) is 17.9. The van der Waals surface area contributed by atoms with Crippen molar-refractivity contribution in [2.45, 2.75) is 11.8 Å². The topological polar surface area (TPSA) is 121 Å². The van der Waals surface area contributed by atoms with Gasteiger partial charge in [0.15, 0.2) is 9.84 Å². The smallest absolute Gasteiger partial charge is 0.322 e. The maximum absolute atomic E-state index is 12.3. The minimum Gasteiger partial charge on any atom is -0.494 e. The van der Waals surface area contributed by atoms with Crippen LogP contribution < -0.4 is 5.32 Å². The lowest BCUT2D eigenvalue weighted by molar-refractivity contribution is 0.102. The first kappa shape index (κ1) is 17.0. The number of rotatable bonds is 5. The van der Waals surface area contributed by atoms with Crippen LogP contribution in [0.4, 0.5) is 6.01 Å². The first-order valence-electron chi connectivity index (χ1n) is 7.42. The van der Waals surface area contributed by atoms with E-state index in [2.05, 4.69) is 15.5 Å². The molecule has 0 atom stereocenters. The van der Waals surface area contributed by atoms with Crippen molar-refractivity contribution in [2.24, 2.45) is 0 Å². The maximum atomic E-state index is 12.3. The molecular weight excluding hydrogens is 350 g/mol. The van der Waals surface area contributed by atoms with Crippen molar-refractivity contribution in [3.05, 3.63) is 42.0 Å². The van der Waals surface area contributed by atoms with Gasteiger partial charge in [-0.2, -0.15) is 0 Å². The number of anilines is 1. The fraction of sp³-hybridized carbons (Fsp3) is 0.267. The van der Waals surface area contributed by atoms with Crippen LogP contribution in [0.1, 0.15) is 23.2 Å². The lowest BCUT2D eigenvalue weighted by Crippen LogP contribution is -2.13. The third kappa shape index (κ3) is 3.79. The monoisotopic (exact) mass is 365 g/mol. The molecule has 1 aromatic heterocycles. The summed E-state index contributed by atoms with van der Waals surface area (Å²) in [5, 5.41) is 9.87. The van der Waals surface area contributed by atoms with Gasteiger partial charge in [0.2, 0.25) is 5.76 Å². The molecule has 0 saturated heterocycles. The van der Waals surface area contributed by atoms with Crippen molar-refractivity contribution in [3.63, 3.8) is 0 Å². The summed E-state index contributed by atoms with van der Waals surface area (Å²) >= 11 is 0. The maximum Gasteiger partial charge on any atom is 0.322 e. The summed E-state index contributed by atoms with van der Waals surface area (Å²) in [5.41, 5.74) is 0.158. The molecule has 25 heavy (non-hydrogen) atoms. The molecule has 9 nitrogen and oxygen atoms in total. The van der Waals surface area contributed by atoms with Crippen LogP contribution in [-0.2, 0) is 19.3 Å². The molecule has 2 aromatic rings. The van der Waals surface area contributed by atoms with E-state index in [0.29, 0.717) is 13.2 Å². The molecule has 0 bridgehead atoms. The minimum absolute atomic E-state index is 0.0533. The molecule has 10 heteroatoms. The molecule has 1 N–H and O–H groups in total. The van der Waals surface area contributed by atoms with Crippen molar-refractivity contribution in [1.82, 2.24) is 10.2 Å². The number of amides is 1. The molecular formula is C15H15N3O6S. The third-order valence-corrected chi connectivity index (χ3v) is 5.07. The molecule has 0 fully saturated rings. The van der Waals surface area contributed by atoms with Gasteiger partial charge in [-0.25, -0.2) is 8.42 Å². The Labute approximate surface area is 143 Å².